The van der Waals surface area contributed by atoms with Crippen molar-refractivity contribution in [1.29, 1.82) is 0 Å². The van der Waals surface area contributed by atoms with Gasteiger partial charge in [-0.1, -0.05) is 13.0 Å². The molecule has 1 atom stereocenters. The molecule has 0 aliphatic rings. The van der Waals surface area contributed by atoms with Crippen LogP contribution in [-0.4, -0.2) is 6.54 Å². The van der Waals surface area contributed by atoms with Crippen LogP contribution in [0.25, 0.3) is 0 Å². The van der Waals surface area contributed by atoms with E-state index in [-0.39, 0.29) is 11.9 Å². The van der Waals surface area contributed by atoms with Gasteiger partial charge in [0.25, 0.3) is 0 Å². The van der Waals surface area contributed by atoms with Crippen molar-refractivity contribution in [2.45, 2.75) is 47.1 Å². The molecule has 1 unspecified atom stereocenters. The van der Waals surface area contributed by atoms with Crippen LogP contribution in [0.3, 0.4) is 0 Å². The fourth-order valence-corrected chi connectivity index (χ4v) is 2.84. The minimum Gasteiger partial charge on any atom is -0.466 e. The zero-order valence-corrected chi connectivity index (χ0v) is 13.5. The lowest BCUT2D eigenvalue weighted by molar-refractivity contribution is 0.492. The van der Waals surface area contributed by atoms with E-state index in [4.69, 9.17) is 4.42 Å². The molecule has 2 nitrogen and oxygen atoms in total. The van der Waals surface area contributed by atoms with Crippen molar-refractivity contribution in [1.82, 2.24) is 5.32 Å². The molecule has 1 heterocycles. The molecule has 0 saturated carbocycles. The van der Waals surface area contributed by atoms with E-state index >= 15 is 0 Å². The zero-order valence-electron chi connectivity index (χ0n) is 13.5. The summed E-state index contributed by atoms with van der Waals surface area (Å²) in [5, 5.41) is 3.52. The second-order valence-corrected chi connectivity index (χ2v) is 5.70. The molecule has 3 heteroatoms. The highest BCUT2D eigenvalue weighted by molar-refractivity contribution is 5.41. The van der Waals surface area contributed by atoms with Gasteiger partial charge in [-0.2, -0.15) is 0 Å². The summed E-state index contributed by atoms with van der Waals surface area (Å²) in [5.41, 5.74) is 4.16. The number of rotatable bonds is 5. The number of nitrogens with one attached hydrogen (secondary N) is 1. The lowest BCUT2D eigenvalue weighted by Gasteiger charge is -2.20. The molecule has 1 aromatic heterocycles. The van der Waals surface area contributed by atoms with Gasteiger partial charge in [0.1, 0.15) is 17.3 Å². The zero-order chi connectivity index (χ0) is 15.6. The molecule has 0 radical (unpaired) electrons. The van der Waals surface area contributed by atoms with E-state index < -0.39 is 0 Å². The maximum Gasteiger partial charge on any atom is 0.123 e. The molecule has 0 saturated heterocycles. The molecule has 0 fully saturated rings. The molecule has 2 rings (SSSR count). The number of furan rings is 1. The van der Waals surface area contributed by atoms with Crippen molar-refractivity contribution in [2.24, 2.45) is 0 Å². The van der Waals surface area contributed by atoms with E-state index in [9.17, 15) is 4.39 Å². The van der Waals surface area contributed by atoms with Crippen molar-refractivity contribution in [3.63, 3.8) is 0 Å². The van der Waals surface area contributed by atoms with Gasteiger partial charge in [-0.05, 0) is 69.5 Å². The topological polar surface area (TPSA) is 25.2 Å². The van der Waals surface area contributed by atoms with Gasteiger partial charge in [0.2, 0.25) is 0 Å². The molecule has 0 spiro atoms. The monoisotopic (exact) mass is 289 g/mol. The third-order valence-corrected chi connectivity index (χ3v) is 3.90. The molecule has 114 valence electrons. The lowest BCUT2D eigenvalue weighted by Crippen LogP contribution is -2.24. The molecule has 2 aromatic rings. The number of hydrogen-bond acceptors (Lipinski definition) is 2. The molecular weight excluding hydrogens is 265 g/mol. The predicted molar refractivity (Wildman–Crippen MR) is 84.2 cm³/mol. The van der Waals surface area contributed by atoms with Crippen LogP contribution in [0, 0.1) is 33.5 Å². The Balaban J connectivity index is 2.52. The van der Waals surface area contributed by atoms with Crippen LogP contribution in [0.5, 0.6) is 0 Å². The molecule has 1 N–H and O–H groups in total. The third-order valence-electron chi connectivity index (χ3n) is 3.90. The van der Waals surface area contributed by atoms with Crippen molar-refractivity contribution in [3.05, 3.63) is 57.8 Å². The van der Waals surface area contributed by atoms with Crippen LogP contribution in [-0.2, 0) is 0 Å². The Morgan fingerprint density at radius 1 is 1.10 bits per heavy atom. The normalized spacial score (nSPS) is 12.7. The Kier molecular flexibility index (Phi) is 4.84. The van der Waals surface area contributed by atoms with Gasteiger partial charge in [-0.3, -0.25) is 0 Å². The van der Waals surface area contributed by atoms with Crippen molar-refractivity contribution in [2.75, 3.05) is 6.54 Å². The summed E-state index contributed by atoms with van der Waals surface area (Å²) >= 11 is 0. The maximum atomic E-state index is 13.8. The average Bonchev–Trinajstić information content (AvgIpc) is 2.64. The molecule has 21 heavy (non-hydrogen) atoms. The number of aryl methyl sites for hydroxylation is 3. The molecule has 0 amide bonds. The third kappa shape index (κ3) is 3.35. The first kappa shape index (κ1) is 15.8. The SMILES string of the molecule is CCCNC(c1cc(C)cc(F)c1)c1c(C)oc(C)c1C. The second kappa shape index (κ2) is 6.44. The van der Waals surface area contributed by atoms with E-state index in [1.165, 1.54) is 0 Å². The molecule has 0 aliphatic carbocycles. The van der Waals surface area contributed by atoms with E-state index in [2.05, 4.69) is 19.2 Å². The smallest absolute Gasteiger partial charge is 0.123 e. The van der Waals surface area contributed by atoms with Crippen LogP contribution in [0.15, 0.2) is 22.6 Å². The molecule has 1 aromatic carbocycles. The van der Waals surface area contributed by atoms with Gasteiger partial charge in [-0.15, -0.1) is 0 Å². The van der Waals surface area contributed by atoms with Crippen LogP contribution in [0.4, 0.5) is 4.39 Å². The second-order valence-electron chi connectivity index (χ2n) is 5.70. The Morgan fingerprint density at radius 2 is 1.81 bits per heavy atom. The summed E-state index contributed by atoms with van der Waals surface area (Å²) in [6.45, 7) is 10.9. The van der Waals surface area contributed by atoms with Gasteiger partial charge in [-0.25, -0.2) is 4.39 Å². The molecule has 0 aliphatic heterocycles. The summed E-state index contributed by atoms with van der Waals surface area (Å²) in [7, 11) is 0. The number of benzene rings is 1. The fourth-order valence-electron chi connectivity index (χ4n) is 2.84. The van der Waals surface area contributed by atoms with Gasteiger partial charge >= 0.3 is 0 Å². The van der Waals surface area contributed by atoms with Crippen LogP contribution >= 0.6 is 0 Å². The standard InChI is InChI=1S/C18H24FNO/c1-6-7-20-18(15-8-11(2)9-16(19)10-15)17-12(3)13(4)21-14(17)5/h8-10,18,20H,6-7H2,1-5H3. The Morgan fingerprint density at radius 3 is 2.33 bits per heavy atom. The van der Waals surface area contributed by atoms with Gasteiger partial charge in [0, 0.05) is 5.56 Å². The first-order valence-electron chi connectivity index (χ1n) is 7.51. The van der Waals surface area contributed by atoms with E-state index in [1.54, 1.807) is 12.1 Å². The summed E-state index contributed by atoms with van der Waals surface area (Å²) in [6.07, 6.45) is 1.03. The number of halogens is 1. The minimum atomic E-state index is -0.191. The summed E-state index contributed by atoms with van der Waals surface area (Å²) in [4.78, 5) is 0. The van der Waals surface area contributed by atoms with Crippen LogP contribution in [0.2, 0.25) is 0 Å². The first-order valence-corrected chi connectivity index (χ1v) is 7.51. The van der Waals surface area contributed by atoms with Crippen molar-refractivity contribution in [3.8, 4) is 0 Å². The van der Waals surface area contributed by atoms with Crippen molar-refractivity contribution < 1.29 is 8.81 Å². The highest BCUT2D eigenvalue weighted by atomic mass is 19.1. The average molecular weight is 289 g/mol. The number of hydrogen-bond donors (Lipinski definition) is 1. The largest absolute Gasteiger partial charge is 0.466 e. The molecule has 0 bridgehead atoms. The van der Waals surface area contributed by atoms with E-state index in [1.807, 2.05) is 26.8 Å². The predicted octanol–water partition coefficient (Wildman–Crippen LogP) is 4.74. The highest BCUT2D eigenvalue weighted by Gasteiger charge is 2.22. The maximum absolute atomic E-state index is 13.8. The first-order chi connectivity index (χ1) is 9.93. The summed E-state index contributed by atoms with van der Waals surface area (Å²) in [5.74, 6) is 1.64. The van der Waals surface area contributed by atoms with E-state index in [0.717, 1.165) is 46.7 Å². The van der Waals surface area contributed by atoms with E-state index in [0.29, 0.717) is 0 Å². The van der Waals surface area contributed by atoms with Gasteiger partial charge in [0.15, 0.2) is 0 Å². The summed E-state index contributed by atoms with van der Waals surface area (Å²) in [6, 6.07) is 5.18. The molecular formula is C18H24FNO. The Labute approximate surface area is 126 Å². The lowest BCUT2D eigenvalue weighted by atomic mass is 9.94. The highest BCUT2D eigenvalue weighted by Crippen LogP contribution is 2.32. The summed E-state index contributed by atoms with van der Waals surface area (Å²) < 4.78 is 19.5. The van der Waals surface area contributed by atoms with Crippen LogP contribution in [0.1, 0.15) is 53.2 Å². The Bertz CT molecular complexity index is 610. The Hall–Kier alpha value is -1.61. The fraction of sp³-hybridized carbons (Fsp3) is 0.444. The van der Waals surface area contributed by atoms with Crippen LogP contribution < -0.4 is 5.32 Å². The van der Waals surface area contributed by atoms with Gasteiger partial charge < -0.3 is 9.73 Å². The quantitative estimate of drug-likeness (QED) is 0.860. The minimum absolute atomic E-state index is 0.0307. The van der Waals surface area contributed by atoms with Gasteiger partial charge in [0.05, 0.1) is 6.04 Å². The van der Waals surface area contributed by atoms with Crippen molar-refractivity contribution >= 4 is 0 Å².